The number of aliphatic carboxylic acids is 1. The van der Waals surface area contributed by atoms with Crippen molar-refractivity contribution in [1.82, 2.24) is 0 Å². The molecular formula is C11H20ClNO2. The molecule has 0 saturated heterocycles. The van der Waals surface area contributed by atoms with Crippen LogP contribution in [0.2, 0.25) is 0 Å². The molecule has 0 aromatic rings. The molecule has 0 amide bonds. The van der Waals surface area contributed by atoms with Gasteiger partial charge in [0, 0.05) is 5.54 Å². The zero-order valence-electron chi connectivity index (χ0n) is 9.49. The number of rotatable bonds is 1. The van der Waals surface area contributed by atoms with Crippen molar-refractivity contribution in [2.75, 3.05) is 0 Å². The molecule has 3 nitrogen and oxygen atoms in total. The number of nitrogens with two attached hydrogens (primary N) is 1. The minimum Gasteiger partial charge on any atom is -0.481 e. The highest BCUT2D eigenvalue weighted by Crippen LogP contribution is 2.67. The van der Waals surface area contributed by atoms with Crippen LogP contribution in [0.5, 0.6) is 0 Å². The predicted octanol–water partition coefficient (Wildman–Crippen LogP) is 1.89. The van der Waals surface area contributed by atoms with Crippen LogP contribution >= 0.6 is 12.4 Å². The van der Waals surface area contributed by atoms with Gasteiger partial charge in [-0.15, -0.1) is 12.4 Å². The standard InChI is InChI=1S/C11H19NO2.ClH/c1-10(2)6-4-7(9(13)14)11(3,12)5-8(6)10;/h6-8H,4-5,12H2,1-3H3,(H,13,14);1H/t6?,7-,8-,11-;/m0./s1. The van der Waals surface area contributed by atoms with Gasteiger partial charge in [-0.1, -0.05) is 13.8 Å². The first-order valence-electron chi connectivity index (χ1n) is 5.28. The minimum atomic E-state index is -0.726. The van der Waals surface area contributed by atoms with E-state index in [2.05, 4.69) is 13.8 Å². The number of carbonyl (C=O) groups is 1. The van der Waals surface area contributed by atoms with Crippen LogP contribution in [-0.2, 0) is 4.79 Å². The maximum absolute atomic E-state index is 11.1. The van der Waals surface area contributed by atoms with E-state index in [0.29, 0.717) is 17.3 Å². The lowest BCUT2D eigenvalue weighted by Gasteiger charge is -2.35. The summed E-state index contributed by atoms with van der Waals surface area (Å²) in [5.41, 5.74) is 5.89. The van der Waals surface area contributed by atoms with Crippen molar-refractivity contribution in [3.63, 3.8) is 0 Å². The van der Waals surface area contributed by atoms with Crippen molar-refractivity contribution in [1.29, 1.82) is 0 Å². The average molecular weight is 234 g/mol. The molecule has 4 atom stereocenters. The van der Waals surface area contributed by atoms with Gasteiger partial charge in [0.2, 0.25) is 0 Å². The van der Waals surface area contributed by atoms with E-state index >= 15 is 0 Å². The molecule has 0 spiro atoms. The van der Waals surface area contributed by atoms with Gasteiger partial charge >= 0.3 is 5.97 Å². The fourth-order valence-corrected chi connectivity index (χ4v) is 3.25. The number of carboxylic acids is 1. The van der Waals surface area contributed by atoms with E-state index in [0.717, 1.165) is 12.8 Å². The highest BCUT2D eigenvalue weighted by molar-refractivity contribution is 5.85. The molecule has 2 rings (SSSR count). The molecule has 0 radical (unpaired) electrons. The van der Waals surface area contributed by atoms with E-state index in [9.17, 15) is 4.79 Å². The number of carboxylic acid groups (broad SMARTS) is 1. The largest absolute Gasteiger partial charge is 0.481 e. The Hall–Kier alpha value is -0.280. The lowest BCUT2D eigenvalue weighted by atomic mass is 9.75. The van der Waals surface area contributed by atoms with Crippen LogP contribution < -0.4 is 5.73 Å². The van der Waals surface area contributed by atoms with E-state index in [1.165, 1.54) is 0 Å². The van der Waals surface area contributed by atoms with Gasteiger partial charge in [0.25, 0.3) is 0 Å². The van der Waals surface area contributed by atoms with Gasteiger partial charge in [-0.3, -0.25) is 4.79 Å². The third-order valence-corrected chi connectivity index (χ3v) is 4.53. The van der Waals surface area contributed by atoms with Gasteiger partial charge in [0.15, 0.2) is 0 Å². The fraction of sp³-hybridized carbons (Fsp3) is 0.909. The molecule has 2 aliphatic rings. The predicted molar refractivity (Wildman–Crippen MR) is 61.0 cm³/mol. The van der Waals surface area contributed by atoms with Crippen LogP contribution in [0.4, 0.5) is 0 Å². The third kappa shape index (κ3) is 1.76. The third-order valence-electron chi connectivity index (χ3n) is 4.53. The summed E-state index contributed by atoms with van der Waals surface area (Å²) in [5, 5.41) is 9.10. The Labute approximate surface area is 96.8 Å². The van der Waals surface area contributed by atoms with Crippen LogP contribution in [0.1, 0.15) is 33.6 Å². The Morgan fingerprint density at radius 3 is 2.33 bits per heavy atom. The van der Waals surface area contributed by atoms with Crippen LogP contribution in [0.15, 0.2) is 0 Å². The first-order valence-corrected chi connectivity index (χ1v) is 5.28. The molecular weight excluding hydrogens is 214 g/mol. The Bertz CT molecular complexity index is 288. The minimum absolute atomic E-state index is 0. The highest BCUT2D eigenvalue weighted by atomic mass is 35.5. The second-order valence-electron chi connectivity index (χ2n) is 5.87. The van der Waals surface area contributed by atoms with Gasteiger partial charge in [0.05, 0.1) is 5.92 Å². The van der Waals surface area contributed by atoms with E-state index in [-0.39, 0.29) is 18.3 Å². The van der Waals surface area contributed by atoms with Gasteiger partial charge in [-0.05, 0) is 37.0 Å². The molecule has 3 N–H and O–H groups in total. The number of hydrogen-bond acceptors (Lipinski definition) is 2. The van der Waals surface area contributed by atoms with E-state index in [1.807, 2.05) is 6.92 Å². The summed E-state index contributed by atoms with van der Waals surface area (Å²) in [6.45, 7) is 6.34. The maximum atomic E-state index is 11.1. The first kappa shape index (κ1) is 12.8. The summed E-state index contributed by atoms with van der Waals surface area (Å²) in [4.78, 5) is 11.1. The SMILES string of the molecule is CC1(C)C2C[C@@H](C(=O)O)[C@@](C)(N)C[C@@H]21.Cl. The van der Waals surface area contributed by atoms with E-state index < -0.39 is 11.5 Å². The number of halogens is 1. The van der Waals surface area contributed by atoms with Crippen molar-refractivity contribution in [3.05, 3.63) is 0 Å². The summed E-state index contributed by atoms with van der Waals surface area (Å²) in [6, 6.07) is 0. The molecule has 0 aliphatic heterocycles. The molecule has 1 unspecified atom stereocenters. The maximum Gasteiger partial charge on any atom is 0.308 e. The average Bonchev–Trinajstić information content (AvgIpc) is 2.49. The van der Waals surface area contributed by atoms with Crippen LogP contribution in [-0.4, -0.2) is 16.6 Å². The molecule has 2 aliphatic carbocycles. The summed E-state index contributed by atoms with van der Waals surface area (Å²) < 4.78 is 0. The van der Waals surface area contributed by atoms with E-state index in [1.54, 1.807) is 0 Å². The Morgan fingerprint density at radius 2 is 1.87 bits per heavy atom. The Kier molecular flexibility index (Phi) is 2.86. The van der Waals surface area contributed by atoms with Crippen LogP contribution in [0.25, 0.3) is 0 Å². The van der Waals surface area contributed by atoms with Crippen molar-refractivity contribution >= 4 is 18.4 Å². The number of hydrogen-bond donors (Lipinski definition) is 2. The normalized spacial score (nSPS) is 46.3. The lowest BCUT2D eigenvalue weighted by Crippen LogP contribution is -2.50. The van der Waals surface area contributed by atoms with Gasteiger partial charge in [-0.25, -0.2) is 0 Å². The van der Waals surface area contributed by atoms with Gasteiger partial charge in [0.1, 0.15) is 0 Å². The molecule has 2 fully saturated rings. The molecule has 0 aromatic carbocycles. The molecule has 15 heavy (non-hydrogen) atoms. The topological polar surface area (TPSA) is 63.3 Å². The van der Waals surface area contributed by atoms with Crippen molar-refractivity contribution in [3.8, 4) is 0 Å². The van der Waals surface area contributed by atoms with Crippen LogP contribution in [0, 0.1) is 23.2 Å². The summed E-state index contributed by atoms with van der Waals surface area (Å²) >= 11 is 0. The van der Waals surface area contributed by atoms with Crippen molar-refractivity contribution in [2.24, 2.45) is 28.9 Å². The monoisotopic (exact) mass is 233 g/mol. The second-order valence-corrected chi connectivity index (χ2v) is 5.87. The Balaban J connectivity index is 0.00000112. The summed E-state index contributed by atoms with van der Waals surface area (Å²) in [6.07, 6.45) is 1.63. The zero-order valence-corrected chi connectivity index (χ0v) is 10.3. The molecule has 0 bridgehead atoms. The summed E-state index contributed by atoms with van der Waals surface area (Å²) in [7, 11) is 0. The molecule has 2 saturated carbocycles. The highest BCUT2D eigenvalue weighted by Gasteiger charge is 2.64. The second kappa shape index (κ2) is 3.36. The summed E-state index contributed by atoms with van der Waals surface area (Å²) in [5.74, 6) is 0.148. The zero-order chi connectivity index (χ0) is 10.7. The van der Waals surface area contributed by atoms with Crippen molar-refractivity contribution < 1.29 is 9.90 Å². The lowest BCUT2D eigenvalue weighted by molar-refractivity contribution is -0.145. The van der Waals surface area contributed by atoms with E-state index in [4.69, 9.17) is 10.8 Å². The van der Waals surface area contributed by atoms with Gasteiger partial charge < -0.3 is 10.8 Å². The molecule has 4 heteroatoms. The first-order chi connectivity index (χ1) is 6.27. The fourth-order valence-electron chi connectivity index (χ4n) is 3.25. The molecule has 88 valence electrons. The Morgan fingerprint density at radius 1 is 1.33 bits per heavy atom. The van der Waals surface area contributed by atoms with Gasteiger partial charge in [-0.2, -0.15) is 0 Å². The quantitative estimate of drug-likeness (QED) is 0.727. The molecule has 0 aromatic heterocycles. The van der Waals surface area contributed by atoms with Crippen molar-refractivity contribution in [2.45, 2.75) is 39.2 Å². The number of fused-ring (bicyclic) bond motifs is 1. The smallest absolute Gasteiger partial charge is 0.308 e. The van der Waals surface area contributed by atoms with Crippen LogP contribution in [0.3, 0.4) is 0 Å². The molecule has 0 heterocycles.